The molecule has 0 radical (unpaired) electrons. The van der Waals surface area contributed by atoms with Crippen molar-refractivity contribution in [3.8, 4) is 0 Å². The van der Waals surface area contributed by atoms with Crippen LogP contribution in [0.25, 0.3) is 0 Å². The molecule has 6 heteroatoms. The van der Waals surface area contributed by atoms with Crippen LogP contribution in [0.5, 0.6) is 0 Å². The second kappa shape index (κ2) is 7.40. The number of sulfonamides is 1. The van der Waals surface area contributed by atoms with Crippen molar-refractivity contribution in [3.05, 3.63) is 11.6 Å². The predicted molar refractivity (Wildman–Crippen MR) is 81.2 cm³/mol. The summed E-state index contributed by atoms with van der Waals surface area (Å²) < 4.78 is 32.1. The number of methoxy groups -OCH3 is 1. The molecule has 2 aliphatic carbocycles. The number of hydrogen-bond donors (Lipinski definition) is 1. The third kappa shape index (κ3) is 4.30. The fourth-order valence-electron chi connectivity index (χ4n) is 3.31. The molecule has 2 rings (SSSR count). The molecule has 0 aliphatic heterocycles. The van der Waals surface area contributed by atoms with Crippen LogP contribution in [-0.2, 0) is 19.6 Å². The van der Waals surface area contributed by atoms with E-state index in [0.717, 1.165) is 25.7 Å². The topological polar surface area (TPSA) is 72.5 Å². The van der Waals surface area contributed by atoms with Crippen LogP contribution in [0.3, 0.4) is 0 Å². The summed E-state index contributed by atoms with van der Waals surface area (Å²) in [5.74, 6) is -0.917. The maximum absolute atomic E-state index is 12.4. The lowest BCUT2D eigenvalue weighted by Crippen LogP contribution is -2.39. The van der Waals surface area contributed by atoms with Crippen molar-refractivity contribution in [2.24, 2.45) is 5.92 Å². The van der Waals surface area contributed by atoms with E-state index in [9.17, 15) is 13.2 Å². The zero-order valence-corrected chi connectivity index (χ0v) is 13.5. The van der Waals surface area contributed by atoms with Gasteiger partial charge in [0.25, 0.3) is 0 Å². The van der Waals surface area contributed by atoms with Crippen LogP contribution < -0.4 is 4.72 Å². The van der Waals surface area contributed by atoms with E-state index >= 15 is 0 Å². The van der Waals surface area contributed by atoms with Gasteiger partial charge in [-0.1, -0.05) is 18.1 Å². The lowest BCUT2D eigenvalue weighted by Gasteiger charge is -2.19. The first-order valence-corrected chi connectivity index (χ1v) is 9.33. The average molecular weight is 315 g/mol. The summed E-state index contributed by atoms with van der Waals surface area (Å²) in [4.78, 5) is 11.7. The Bertz CT molecular complexity index is 498. The minimum atomic E-state index is -3.44. The van der Waals surface area contributed by atoms with Crippen molar-refractivity contribution < 1.29 is 17.9 Å². The molecule has 1 fully saturated rings. The van der Waals surface area contributed by atoms with E-state index < -0.39 is 27.2 Å². The van der Waals surface area contributed by atoms with E-state index in [1.165, 1.54) is 25.5 Å². The third-order valence-corrected chi connectivity index (χ3v) is 6.46. The summed E-state index contributed by atoms with van der Waals surface area (Å²) in [5, 5.41) is -0.634. The number of hydrogen-bond acceptors (Lipinski definition) is 4. The number of carbonyl (C=O) groups is 1. The van der Waals surface area contributed by atoms with Crippen molar-refractivity contribution in [1.29, 1.82) is 0 Å². The summed E-state index contributed by atoms with van der Waals surface area (Å²) >= 11 is 0. The van der Waals surface area contributed by atoms with Crippen molar-refractivity contribution in [3.63, 3.8) is 0 Å². The van der Waals surface area contributed by atoms with Crippen LogP contribution in [0.4, 0.5) is 0 Å². The number of ether oxygens (including phenoxy) is 1. The summed E-state index contributed by atoms with van der Waals surface area (Å²) in [6, 6.07) is 0. The van der Waals surface area contributed by atoms with Gasteiger partial charge in [-0.3, -0.25) is 4.79 Å². The van der Waals surface area contributed by atoms with Gasteiger partial charge < -0.3 is 4.74 Å². The molecular formula is C15H25NO4S. The SMILES string of the molecule is COC(=O)C1CCCC1S(=O)(=O)NCCC1=CCCCC1. The lowest BCUT2D eigenvalue weighted by atomic mass is 9.97. The van der Waals surface area contributed by atoms with Gasteiger partial charge in [0, 0.05) is 6.54 Å². The van der Waals surface area contributed by atoms with Gasteiger partial charge in [0.2, 0.25) is 10.0 Å². The second-order valence-corrected chi connectivity index (χ2v) is 7.88. The number of esters is 1. The van der Waals surface area contributed by atoms with E-state index in [0.29, 0.717) is 19.4 Å². The minimum absolute atomic E-state index is 0.405. The first-order valence-electron chi connectivity index (χ1n) is 7.79. The Morgan fingerprint density at radius 2 is 2.14 bits per heavy atom. The second-order valence-electron chi connectivity index (χ2n) is 5.90. The number of nitrogens with one attached hydrogen (secondary N) is 1. The zero-order valence-electron chi connectivity index (χ0n) is 12.6. The molecule has 0 bridgehead atoms. The average Bonchev–Trinajstić information content (AvgIpc) is 2.98. The van der Waals surface area contributed by atoms with Gasteiger partial charge >= 0.3 is 5.97 Å². The van der Waals surface area contributed by atoms with Gasteiger partial charge in [0.15, 0.2) is 0 Å². The van der Waals surface area contributed by atoms with E-state index in [2.05, 4.69) is 10.8 Å². The Morgan fingerprint density at radius 3 is 2.81 bits per heavy atom. The first kappa shape index (κ1) is 16.5. The Hall–Kier alpha value is -0.880. The van der Waals surface area contributed by atoms with E-state index in [1.807, 2.05) is 0 Å². The molecule has 0 heterocycles. The number of carbonyl (C=O) groups excluding carboxylic acids is 1. The minimum Gasteiger partial charge on any atom is -0.469 e. The molecule has 0 aromatic heterocycles. The maximum atomic E-state index is 12.4. The van der Waals surface area contributed by atoms with Crippen molar-refractivity contribution >= 4 is 16.0 Å². The predicted octanol–water partition coefficient (Wildman–Crippen LogP) is 2.14. The Morgan fingerprint density at radius 1 is 1.33 bits per heavy atom. The molecule has 2 atom stereocenters. The number of allylic oxidation sites excluding steroid dienone is 1. The van der Waals surface area contributed by atoms with Crippen LogP contribution in [-0.4, -0.2) is 33.3 Å². The van der Waals surface area contributed by atoms with Crippen LogP contribution in [0, 0.1) is 5.92 Å². The molecule has 0 spiro atoms. The van der Waals surface area contributed by atoms with E-state index in [-0.39, 0.29) is 0 Å². The quantitative estimate of drug-likeness (QED) is 0.602. The molecule has 21 heavy (non-hydrogen) atoms. The highest BCUT2D eigenvalue weighted by Crippen LogP contribution is 2.31. The van der Waals surface area contributed by atoms with Crippen molar-refractivity contribution in [2.75, 3.05) is 13.7 Å². The highest BCUT2D eigenvalue weighted by molar-refractivity contribution is 7.90. The molecule has 120 valence electrons. The van der Waals surface area contributed by atoms with Crippen LogP contribution in [0.1, 0.15) is 51.4 Å². The molecule has 0 aromatic rings. The Labute approximate surface area is 127 Å². The summed E-state index contributed by atoms with van der Waals surface area (Å²) in [6.07, 6.45) is 9.52. The van der Waals surface area contributed by atoms with E-state index in [4.69, 9.17) is 4.74 Å². The normalized spacial score (nSPS) is 26.4. The summed E-state index contributed by atoms with van der Waals surface area (Å²) in [7, 11) is -2.13. The van der Waals surface area contributed by atoms with Gasteiger partial charge in [-0.25, -0.2) is 13.1 Å². The Balaban J connectivity index is 1.88. The third-order valence-electron chi connectivity index (χ3n) is 4.49. The lowest BCUT2D eigenvalue weighted by molar-refractivity contribution is -0.145. The van der Waals surface area contributed by atoms with Gasteiger partial charge in [0.1, 0.15) is 0 Å². The standard InChI is InChI=1S/C15H25NO4S/c1-20-15(17)13-8-5-9-14(13)21(18,19)16-11-10-12-6-3-2-4-7-12/h6,13-14,16H,2-5,7-11H2,1H3. The Kier molecular flexibility index (Phi) is 5.81. The van der Waals surface area contributed by atoms with Gasteiger partial charge in [0.05, 0.1) is 18.3 Å². The molecule has 0 aromatic carbocycles. The molecular weight excluding hydrogens is 290 g/mol. The van der Waals surface area contributed by atoms with Crippen LogP contribution >= 0.6 is 0 Å². The molecule has 0 saturated heterocycles. The smallest absolute Gasteiger partial charge is 0.310 e. The molecule has 0 amide bonds. The zero-order chi connectivity index (χ0) is 15.3. The molecule has 1 N–H and O–H groups in total. The molecule has 2 unspecified atom stereocenters. The largest absolute Gasteiger partial charge is 0.469 e. The van der Waals surface area contributed by atoms with Crippen molar-refractivity contribution in [1.82, 2.24) is 4.72 Å². The maximum Gasteiger partial charge on any atom is 0.310 e. The van der Waals surface area contributed by atoms with Crippen molar-refractivity contribution in [2.45, 2.75) is 56.6 Å². The fraction of sp³-hybridized carbons (Fsp3) is 0.800. The van der Waals surface area contributed by atoms with E-state index in [1.54, 1.807) is 0 Å². The monoisotopic (exact) mass is 315 g/mol. The highest BCUT2D eigenvalue weighted by atomic mass is 32.2. The van der Waals surface area contributed by atoms with Gasteiger partial charge in [-0.15, -0.1) is 0 Å². The van der Waals surface area contributed by atoms with Crippen LogP contribution in [0.15, 0.2) is 11.6 Å². The van der Waals surface area contributed by atoms with Crippen LogP contribution in [0.2, 0.25) is 0 Å². The van der Waals surface area contributed by atoms with Gasteiger partial charge in [-0.05, 0) is 44.9 Å². The number of rotatable bonds is 6. The molecule has 5 nitrogen and oxygen atoms in total. The first-order chi connectivity index (χ1) is 10.0. The summed E-state index contributed by atoms with van der Waals surface area (Å²) in [5.41, 5.74) is 1.35. The fourth-order valence-corrected chi connectivity index (χ4v) is 5.07. The molecule has 2 aliphatic rings. The summed E-state index contributed by atoms with van der Waals surface area (Å²) in [6.45, 7) is 0.429. The van der Waals surface area contributed by atoms with Gasteiger partial charge in [-0.2, -0.15) is 0 Å². The molecule has 1 saturated carbocycles. The highest BCUT2D eigenvalue weighted by Gasteiger charge is 2.41.